The molecule has 0 saturated carbocycles. The molecule has 0 N–H and O–H groups in total. The van der Waals surface area contributed by atoms with E-state index in [1.54, 1.807) is 40.8 Å². The Balaban J connectivity index is 3.16. The van der Waals surface area contributed by atoms with E-state index in [0.29, 0.717) is 0 Å². The fraction of sp³-hybridized carbons (Fsp3) is 0.222. The van der Waals surface area contributed by atoms with Gasteiger partial charge < -0.3 is 0 Å². The zero-order valence-corrected chi connectivity index (χ0v) is 10.4. The molecule has 0 aromatic heterocycles. The second-order valence-electron chi connectivity index (χ2n) is 2.78. The lowest BCUT2D eigenvalue weighted by molar-refractivity contribution is -0.115. The zero-order chi connectivity index (χ0) is 10.8. The van der Waals surface area contributed by atoms with E-state index in [2.05, 4.69) is 0 Å². The molecule has 3 nitrogen and oxygen atoms in total. The van der Waals surface area contributed by atoms with Crippen LogP contribution >= 0.6 is 22.6 Å². The first-order valence-electron chi connectivity index (χ1n) is 3.89. The van der Waals surface area contributed by atoms with Gasteiger partial charge in [-0.05, 0) is 19.1 Å². The minimum Gasteiger partial charge on any atom is -0.298 e. The third-order valence-corrected chi connectivity index (χ3v) is 6.36. The quantitative estimate of drug-likeness (QED) is 0.629. The van der Waals surface area contributed by atoms with Crippen molar-refractivity contribution in [1.29, 1.82) is 0 Å². The van der Waals surface area contributed by atoms with Gasteiger partial charge in [-0.25, -0.2) is 8.42 Å². The van der Waals surface area contributed by atoms with Crippen LogP contribution in [0.25, 0.3) is 0 Å². The van der Waals surface area contributed by atoms with E-state index in [1.165, 1.54) is 19.1 Å². The Hall–Kier alpha value is -0.430. The maximum absolute atomic E-state index is 11.7. The molecule has 0 aliphatic heterocycles. The van der Waals surface area contributed by atoms with Crippen LogP contribution in [0.3, 0.4) is 0 Å². The van der Waals surface area contributed by atoms with Crippen LogP contribution in [0.1, 0.15) is 6.92 Å². The Labute approximate surface area is 96.6 Å². The third-order valence-electron chi connectivity index (χ3n) is 1.66. The topological polar surface area (TPSA) is 51.2 Å². The number of rotatable bonds is 3. The summed E-state index contributed by atoms with van der Waals surface area (Å²) in [5, 5.41) is 0. The molecule has 0 fully saturated rings. The summed E-state index contributed by atoms with van der Waals surface area (Å²) < 4.78 is 22.5. The summed E-state index contributed by atoms with van der Waals surface area (Å²) in [6.45, 7) is 1.28. The van der Waals surface area contributed by atoms with Gasteiger partial charge in [0.15, 0.2) is 18.9 Å². The van der Waals surface area contributed by atoms with E-state index < -0.39 is 13.1 Å². The van der Waals surface area contributed by atoms with Crippen LogP contribution in [0.2, 0.25) is 0 Å². The largest absolute Gasteiger partial charge is 0.298 e. The Morgan fingerprint density at radius 3 is 2.21 bits per heavy atom. The summed E-state index contributed by atoms with van der Waals surface area (Å²) >= 11 is 1.64. The van der Waals surface area contributed by atoms with E-state index in [9.17, 15) is 13.2 Å². The molecule has 0 aliphatic rings. The van der Waals surface area contributed by atoms with Gasteiger partial charge in [0.25, 0.3) is 0 Å². The maximum Gasteiger partial charge on any atom is 0.197 e. The minimum atomic E-state index is -3.50. The molecule has 1 atom stereocenters. The predicted molar refractivity (Wildman–Crippen MR) is 62.1 cm³/mol. The van der Waals surface area contributed by atoms with Crippen LogP contribution in [0, 0.1) is 0 Å². The van der Waals surface area contributed by atoms with E-state index in [1.807, 2.05) is 0 Å². The normalized spacial score (nSPS) is 13.6. The molecule has 14 heavy (non-hydrogen) atoms. The van der Waals surface area contributed by atoms with Crippen LogP contribution < -0.4 is 0 Å². The second-order valence-corrected chi connectivity index (χ2v) is 6.91. The van der Waals surface area contributed by atoms with Gasteiger partial charge in [-0.2, -0.15) is 0 Å². The van der Waals surface area contributed by atoms with Crippen LogP contribution in [0.4, 0.5) is 0 Å². The molecule has 0 radical (unpaired) electrons. The molecule has 0 saturated heterocycles. The van der Waals surface area contributed by atoms with E-state index >= 15 is 0 Å². The minimum absolute atomic E-state index is 0.189. The van der Waals surface area contributed by atoms with Crippen LogP contribution in [0.15, 0.2) is 35.2 Å². The van der Waals surface area contributed by atoms with Crippen molar-refractivity contribution in [3.63, 3.8) is 0 Å². The van der Waals surface area contributed by atoms with Crippen molar-refractivity contribution in [2.45, 2.75) is 15.1 Å². The number of hydrogen-bond acceptors (Lipinski definition) is 3. The van der Waals surface area contributed by atoms with E-state index in [4.69, 9.17) is 0 Å². The van der Waals surface area contributed by atoms with Gasteiger partial charge in [0.1, 0.15) is 0 Å². The number of halogens is 1. The average molecular weight is 324 g/mol. The number of sulfone groups is 1. The van der Waals surface area contributed by atoms with Gasteiger partial charge in [-0.1, -0.05) is 40.8 Å². The molecular weight excluding hydrogens is 315 g/mol. The highest BCUT2D eigenvalue weighted by Gasteiger charge is 2.28. The number of ketones is 1. The first-order valence-corrected chi connectivity index (χ1v) is 6.69. The van der Waals surface area contributed by atoms with Gasteiger partial charge in [0.2, 0.25) is 0 Å². The fourth-order valence-corrected chi connectivity index (χ4v) is 3.04. The lowest BCUT2D eigenvalue weighted by atomic mass is 10.4. The molecule has 0 bridgehead atoms. The van der Waals surface area contributed by atoms with Gasteiger partial charge in [-0.15, -0.1) is 0 Å². The first-order chi connectivity index (χ1) is 6.46. The second kappa shape index (κ2) is 4.39. The van der Waals surface area contributed by atoms with Crippen molar-refractivity contribution in [3.8, 4) is 0 Å². The lowest BCUT2D eigenvalue weighted by Crippen LogP contribution is -2.21. The lowest BCUT2D eigenvalue weighted by Gasteiger charge is -2.07. The van der Waals surface area contributed by atoms with Crippen LogP contribution in [-0.4, -0.2) is 17.5 Å². The molecule has 0 spiro atoms. The fourth-order valence-electron chi connectivity index (χ4n) is 0.948. The molecule has 76 valence electrons. The number of carbonyl (C=O) groups excluding carboxylic acids is 1. The van der Waals surface area contributed by atoms with Crippen molar-refractivity contribution in [3.05, 3.63) is 30.3 Å². The van der Waals surface area contributed by atoms with Crippen molar-refractivity contribution in [2.24, 2.45) is 0 Å². The molecule has 5 heteroatoms. The molecule has 1 aromatic carbocycles. The number of alkyl halides is 1. The van der Waals surface area contributed by atoms with Crippen LogP contribution in [-0.2, 0) is 14.6 Å². The number of Topliss-reactive ketones (excluding diaryl/α,β-unsaturated/α-hetero) is 1. The SMILES string of the molecule is CC(=O)C(I)S(=O)(=O)c1ccccc1. The highest BCUT2D eigenvalue weighted by atomic mass is 127. The maximum atomic E-state index is 11.7. The van der Waals surface area contributed by atoms with Gasteiger partial charge in [0.05, 0.1) is 4.90 Å². The summed E-state index contributed by atoms with van der Waals surface area (Å²) in [6.07, 6.45) is 0. The van der Waals surface area contributed by atoms with Crippen LogP contribution in [0.5, 0.6) is 0 Å². The number of carbonyl (C=O) groups is 1. The summed E-state index contributed by atoms with van der Waals surface area (Å²) in [6, 6.07) is 7.98. The Kier molecular flexibility index (Phi) is 3.65. The zero-order valence-electron chi connectivity index (χ0n) is 7.48. The van der Waals surface area contributed by atoms with Gasteiger partial charge in [-0.3, -0.25) is 4.79 Å². The smallest absolute Gasteiger partial charge is 0.197 e. The average Bonchev–Trinajstić information content (AvgIpc) is 2.18. The molecule has 0 heterocycles. The summed E-state index contributed by atoms with van der Waals surface area (Å²) in [7, 11) is -3.50. The number of hydrogen-bond donors (Lipinski definition) is 0. The predicted octanol–water partition coefficient (Wildman–Crippen LogP) is 1.81. The molecule has 0 amide bonds. The van der Waals surface area contributed by atoms with Crippen molar-refractivity contribution in [2.75, 3.05) is 0 Å². The highest BCUT2D eigenvalue weighted by molar-refractivity contribution is 14.1. The summed E-state index contributed by atoms with van der Waals surface area (Å²) in [5.74, 6) is -0.352. The van der Waals surface area contributed by atoms with Crippen molar-refractivity contribution >= 4 is 38.2 Å². The molecular formula is C9H9IO3S. The Morgan fingerprint density at radius 1 is 1.29 bits per heavy atom. The van der Waals surface area contributed by atoms with Gasteiger partial charge in [0, 0.05) is 0 Å². The molecule has 1 unspecified atom stereocenters. The van der Waals surface area contributed by atoms with E-state index in [-0.39, 0.29) is 10.7 Å². The number of benzene rings is 1. The molecule has 1 aromatic rings. The van der Waals surface area contributed by atoms with Gasteiger partial charge >= 0.3 is 0 Å². The van der Waals surface area contributed by atoms with Crippen molar-refractivity contribution < 1.29 is 13.2 Å². The first kappa shape index (κ1) is 11.6. The van der Waals surface area contributed by atoms with E-state index in [0.717, 1.165) is 0 Å². The molecule has 1 rings (SSSR count). The third kappa shape index (κ3) is 2.33. The summed E-state index contributed by atoms with van der Waals surface area (Å²) in [5.41, 5.74) is 0. The standard InChI is InChI=1S/C9H9IO3S/c1-7(11)9(10)14(12,13)8-5-3-2-4-6-8/h2-6,9H,1H3. The molecule has 0 aliphatic carbocycles. The Bertz CT molecular complexity index is 425. The highest BCUT2D eigenvalue weighted by Crippen LogP contribution is 2.20. The Morgan fingerprint density at radius 2 is 1.79 bits per heavy atom. The van der Waals surface area contributed by atoms with Crippen molar-refractivity contribution in [1.82, 2.24) is 0 Å². The monoisotopic (exact) mass is 324 g/mol. The summed E-state index contributed by atoms with van der Waals surface area (Å²) in [4.78, 5) is 11.2.